The normalized spacial score (nSPS) is 10.7. The van der Waals surface area contributed by atoms with E-state index in [0.717, 1.165) is 11.3 Å². The second kappa shape index (κ2) is 7.50. The Morgan fingerprint density at radius 3 is 2.72 bits per heavy atom. The zero-order valence-corrected chi connectivity index (χ0v) is 13.8. The number of thiazole rings is 1. The van der Waals surface area contributed by atoms with E-state index in [1.165, 1.54) is 35.6 Å². The molecule has 3 aromatic rings. The van der Waals surface area contributed by atoms with Gasteiger partial charge in [-0.15, -0.1) is 11.3 Å². The van der Waals surface area contributed by atoms with Gasteiger partial charge in [0.1, 0.15) is 0 Å². The number of carbonyl (C=O) groups is 1. The predicted molar refractivity (Wildman–Crippen MR) is 98.3 cm³/mol. The van der Waals surface area contributed by atoms with Crippen molar-refractivity contribution in [1.82, 2.24) is 4.98 Å². The summed E-state index contributed by atoms with van der Waals surface area (Å²) >= 11 is 1.33. The SMILES string of the molecule is O=C(/C=C/c1cccc([N+](=O)[O-])c1)Nc1nc(-c2ccccc2)cs1. The molecule has 1 heterocycles. The van der Waals surface area contributed by atoms with E-state index in [1.54, 1.807) is 12.1 Å². The van der Waals surface area contributed by atoms with Gasteiger partial charge in [0, 0.05) is 29.2 Å². The number of non-ortho nitro benzene ring substituents is 1. The first kappa shape index (κ1) is 16.5. The van der Waals surface area contributed by atoms with E-state index in [1.807, 2.05) is 35.7 Å². The van der Waals surface area contributed by atoms with Gasteiger partial charge in [-0.3, -0.25) is 20.2 Å². The number of aromatic nitrogens is 1. The minimum absolute atomic E-state index is 0.0185. The smallest absolute Gasteiger partial charge is 0.270 e. The molecule has 1 amide bonds. The molecule has 25 heavy (non-hydrogen) atoms. The predicted octanol–water partition coefficient (Wildman–Crippen LogP) is 4.37. The lowest BCUT2D eigenvalue weighted by Crippen LogP contribution is -2.07. The minimum Gasteiger partial charge on any atom is -0.298 e. The second-order valence-corrected chi connectivity index (χ2v) is 5.94. The lowest BCUT2D eigenvalue weighted by Gasteiger charge is -1.97. The number of benzene rings is 2. The van der Waals surface area contributed by atoms with Crippen LogP contribution in [0.15, 0.2) is 66.1 Å². The molecular weight excluding hydrogens is 338 g/mol. The summed E-state index contributed by atoms with van der Waals surface area (Å²) in [7, 11) is 0. The number of anilines is 1. The van der Waals surface area contributed by atoms with Crippen LogP contribution in [0.2, 0.25) is 0 Å². The summed E-state index contributed by atoms with van der Waals surface area (Å²) in [6.07, 6.45) is 2.84. The van der Waals surface area contributed by atoms with E-state index in [2.05, 4.69) is 10.3 Å². The molecule has 1 aromatic heterocycles. The van der Waals surface area contributed by atoms with Crippen LogP contribution < -0.4 is 5.32 Å². The summed E-state index contributed by atoms with van der Waals surface area (Å²) in [6.45, 7) is 0. The first-order valence-corrected chi connectivity index (χ1v) is 8.24. The van der Waals surface area contributed by atoms with Crippen LogP contribution in [0.5, 0.6) is 0 Å². The molecule has 0 aliphatic rings. The van der Waals surface area contributed by atoms with Crippen molar-refractivity contribution in [2.45, 2.75) is 0 Å². The number of nitro groups is 1. The maximum absolute atomic E-state index is 12.0. The van der Waals surface area contributed by atoms with Crippen molar-refractivity contribution in [3.8, 4) is 11.3 Å². The summed E-state index contributed by atoms with van der Waals surface area (Å²) in [5, 5.41) is 15.8. The fourth-order valence-electron chi connectivity index (χ4n) is 2.13. The summed E-state index contributed by atoms with van der Waals surface area (Å²) in [6, 6.07) is 15.7. The molecule has 0 atom stereocenters. The number of amides is 1. The average molecular weight is 351 g/mol. The van der Waals surface area contributed by atoms with E-state index >= 15 is 0 Å². The van der Waals surface area contributed by atoms with Crippen molar-refractivity contribution < 1.29 is 9.72 Å². The van der Waals surface area contributed by atoms with Crippen molar-refractivity contribution in [2.75, 3.05) is 5.32 Å². The Bertz CT molecular complexity index is 936. The van der Waals surface area contributed by atoms with Crippen molar-refractivity contribution in [2.24, 2.45) is 0 Å². The average Bonchev–Trinajstić information content (AvgIpc) is 3.09. The molecule has 0 bridgehead atoms. The zero-order valence-electron chi connectivity index (χ0n) is 13.0. The number of rotatable bonds is 5. The third-order valence-electron chi connectivity index (χ3n) is 3.31. The van der Waals surface area contributed by atoms with Gasteiger partial charge in [0.2, 0.25) is 5.91 Å². The van der Waals surface area contributed by atoms with E-state index < -0.39 is 4.92 Å². The first-order chi connectivity index (χ1) is 12.1. The van der Waals surface area contributed by atoms with Crippen LogP contribution in [0.3, 0.4) is 0 Å². The summed E-state index contributed by atoms with van der Waals surface area (Å²) in [4.78, 5) is 26.6. The van der Waals surface area contributed by atoms with Crippen LogP contribution in [-0.2, 0) is 4.79 Å². The Morgan fingerprint density at radius 1 is 1.16 bits per heavy atom. The van der Waals surface area contributed by atoms with Crippen molar-refractivity contribution in [1.29, 1.82) is 0 Å². The topological polar surface area (TPSA) is 85.1 Å². The fourth-order valence-corrected chi connectivity index (χ4v) is 2.86. The Morgan fingerprint density at radius 2 is 1.96 bits per heavy atom. The summed E-state index contributed by atoms with van der Waals surface area (Å²) in [5.74, 6) is -0.347. The number of nitrogens with zero attached hydrogens (tertiary/aromatic N) is 2. The number of carbonyl (C=O) groups excluding carboxylic acids is 1. The Labute approximate surface area is 147 Å². The molecule has 3 rings (SSSR count). The van der Waals surface area contributed by atoms with E-state index in [-0.39, 0.29) is 11.6 Å². The zero-order chi connectivity index (χ0) is 17.6. The molecule has 0 spiro atoms. The highest BCUT2D eigenvalue weighted by Crippen LogP contribution is 2.24. The van der Waals surface area contributed by atoms with Gasteiger partial charge in [-0.05, 0) is 11.6 Å². The summed E-state index contributed by atoms with van der Waals surface area (Å²) < 4.78 is 0. The van der Waals surface area contributed by atoms with Crippen LogP contribution >= 0.6 is 11.3 Å². The van der Waals surface area contributed by atoms with Gasteiger partial charge in [0.25, 0.3) is 5.69 Å². The van der Waals surface area contributed by atoms with Crippen LogP contribution in [0.1, 0.15) is 5.56 Å². The third-order valence-corrected chi connectivity index (χ3v) is 4.07. The third kappa shape index (κ3) is 4.36. The number of nitrogens with one attached hydrogen (secondary N) is 1. The van der Waals surface area contributed by atoms with Gasteiger partial charge in [0.15, 0.2) is 5.13 Å². The Kier molecular flexibility index (Phi) is 4.96. The van der Waals surface area contributed by atoms with E-state index in [4.69, 9.17) is 0 Å². The van der Waals surface area contributed by atoms with Crippen LogP contribution in [0.4, 0.5) is 10.8 Å². The van der Waals surface area contributed by atoms with E-state index in [9.17, 15) is 14.9 Å². The molecule has 0 aliphatic heterocycles. The van der Waals surface area contributed by atoms with Gasteiger partial charge in [-0.2, -0.15) is 0 Å². The quantitative estimate of drug-likeness (QED) is 0.420. The molecule has 0 saturated heterocycles. The standard InChI is InChI=1S/C18H13N3O3S/c22-17(10-9-13-5-4-8-15(11-13)21(23)24)20-18-19-16(12-25-18)14-6-2-1-3-7-14/h1-12H,(H,19,20,22)/b10-9+. The molecule has 124 valence electrons. The van der Waals surface area contributed by atoms with Gasteiger partial charge < -0.3 is 0 Å². The second-order valence-electron chi connectivity index (χ2n) is 5.08. The first-order valence-electron chi connectivity index (χ1n) is 7.36. The van der Waals surface area contributed by atoms with Gasteiger partial charge in [-0.1, -0.05) is 42.5 Å². The van der Waals surface area contributed by atoms with Crippen LogP contribution in [-0.4, -0.2) is 15.8 Å². The maximum atomic E-state index is 12.0. The van der Waals surface area contributed by atoms with Crippen molar-refractivity contribution in [3.63, 3.8) is 0 Å². The van der Waals surface area contributed by atoms with Gasteiger partial charge >= 0.3 is 0 Å². The molecule has 0 radical (unpaired) electrons. The molecule has 0 saturated carbocycles. The minimum atomic E-state index is -0.474. The molecule has 1 N–H and O–H groups in total. The number of hydrogen-bond donors (Lipinski definition) is 1. The largest absolute Gasteiger partial charge is 0.298 e. The van der Waals surface area contributed by atoms with Crippen LogP contribution in [0.25, 0.3) is 17.3 Å². The molecule has 6 nitrogen and oxygen atoms in total. The number of nitro benzene ring substituents is 1. The highest BCUT2D eigenvalue weighted by molar-refractivity contribution is 7.14. The molecular formula is C18H13N3O3S. The number of hydrogen-bond acceptors (Lipinski definition) is 5. The van der Waals surface area contributed by atoms with Crippen molar-refractivity contribution >= 4 is 34.1 Å². The Hall–Kier alpha value is -3.32. The molecule has 0 unspecified atom stereocenters. The van der Waals surface area contributed by atoms with Crippen LogP contribution in [0, 0.1) is 10.1 Å². The highest BCUT2D eigenvalue weighted by Gasteiger charge is 2.07. The van der Waals surface area contributed by atoms with Crippen molar-refractivity contribution in [3.05, 3.63) is 81.7 Å². The summed E-state index contributed by atoms with van der Waals surface area (Å²) in [5.41, 5.74) is 2.33. The molecule has 2 aromatic carbocycles. The van der Waals surface area contributed by atoms with E-state index in [0.29, 0.717) is 10.7 Å². The molecule has 0 aliphatic carbocycles. The fraction of sp³-hybridized carbons (Fsp3) is 0. The molecule has 0 fully saturated rings. The molecule has 7 heteroatoms. The highest BCUT2D eigenvalue weighted by atomic mass is 32.1. The van der Waals surface area contributed by atoms with Gasteiger partial charge in [0.05, 0.1) is 10.6 Å². The maximum Gasteiger partial charge on any atom is 0.270 e. The van der Waals surface area contributed by atoms with Gasteiger partial charge in [-0.25, -0.2) is 4.98 Å². The lowest BCUT2D eigenvalue weighted by atomic mass is 10.2. The monoisotopic (exact) mass is 351 g/mol. The Balaban J connectivity index is 1.66. The lowest BCUT2D eigenvalue weighted by molar-refractivity contribution is -0.384.